The second-order valence-corrected chi connectivity index (χ2v) is 4.82. The predicted molar refractivity (Wildman–Crippen MR) is 72.1 cm³/mol. The molecule has 1 aliphatic heterocycles. The Bertz CT molecular complexity index is 438. The summed E-state index contributed by atoms with van der Waals surface area (Å²) >= 11 is 0. The summed E-state index contributed by atoms with van der Waals surface area (Å²) in [5, 5.41) is 3.50. The highest BCUT2D eigenvalue weighted by Gasteiger charge is 2.19. The van der Waals surface area contributed by atoms with Crippen LogP contribution in [0.2, 0.25) is 0 Å². The van der Waals surface area contributed by atoms with Crippen molar-refractivity contribution < 1.29 is 9.47 Å². The summed E-state index contributed by atoms with van der Waals surface area (Å²) in [6.07, 6.45) is 8.14. The van der Waals surface area contributed by atoms with Crippen molar-refractivity contribution in [3.05, 3.63) is 29.8 Å². The third-order valence-corrected chi connectivity index (χ3v) is 3.20. The van der Waals surface area contributed by atoms with E-state index in [4.69, 9.17) is 9.47 Å². The molecule has 1 N–H and O–H groups in total. The van der Waals surface area contributed by atoms with Gasteiger partial charge in [-0.2, -0.15) is 0 Å². The van der Waals surface area contributed by atoms with Crippen molar-refractivity contribution in [1.82, 2.24) is 5.32 Å². The van der Waals surface area contributed by atoms with Gasteiger partial charge in [0.2, 0.25) is 0 Å². The first kappa shape index (κ1) is 11.6. The molecule has 3 nitrogen and oxygen atoms in total. The Hall–Kier alpha value is -1.48. The molecule has 1 fully saturated rings. The first-order valence-electron chi connectivity index (χ1n) is 6.71. The van der Waals surface area contributed by atoms with Crippen LogP contribution in [0.15, 0.2) is 24.3 Å². The molecular weight excluding hydrogens is 226 g/mol. The van der Waals surface area contributed by atoms with Crippen LogP contribution in [0.4, 0.5) is 0 Å². The van der Waals surface area contributed by atoms with Crippen LogP contribution in [0.3, 0.4) is 0 Å². The molecule has 3 heteroatoms. The number of nitrogens with one attached hydrogen (secondary N) is 1. The summed E-state index contributed by atoms with van der Waals surface area (Å²) in [6.45, 7) is 2.37. The highest BCUT2D eigenvalue weighted by molar-refractivity contribution is 5.56. The topological polar surface area (TPSA) is 30.5 Å². The van der Waals surface area contributed by atoms with E-state index in [2.05, 4.69) is 23.5 Å². The highest BCUT2D eigenvalue weighted by atomic mass is 16.6. The van der Waals surface area contributed by atoms with E-state index in [-0.39, 0.29) is 0 Å². The second kappa shape index (κ2) is 5.44. The Kier molecular flexibility index (Phi) is 3.51. The van der Waals surface area contributed by atoms with Crippen LogP contribution in [0, 0.1) is 0 Å². The minimum atomic E-state index is 0.644. The largest absolute Gasteiger partial charge is 0.486 e. The first-order chi connectivity index (χ1) is 8.92. The smallest absolute Gasteiger partial charge is 0.161 e. The standard InChI is InChI=1S/C15H19NO2/c1(2-8-16-13-5-6-13)3-12-4-7-14-15(11-12)18-10-9-17-14/h1,3-4,7,11,13,16H,2,5-6,8-10H2. The summed E-state index contributed by atoms with van der Waals surface area (Å²) < 4.78 is 11.1. The molecule has 0 atom stereocenters. The fraction of sp³-hybridized carbons (Fsp3) is 0.467. The van der Waals surface area contributed by atoms with Crippen molar-refractivity contribution in [3.63, 3.8) is 0 Å². The Morgan fingerprint density at radius 2 is 2.00 bits per heavy atom. The van der Waals surface area contributed by atoms with Gasteiger partial charge in [0.25, 0.3) is 0 Å². The summed E-state index contributed by atoms with van der Waals surface area (Å²) in [5.74, 6) is 1.72. The maximum absolute atomic E-state index is 5.56. The number of hydrogen-bond acceptors (Lipinski definition) is 3. The van der Waals surface area contributed by atoms with Crippen LogP contribution in [-0.2, 0) is 0 Å². The summed E-state index contributed by atoms with van der Waals surface area (Å²) in [7, 11) is 0. The molecule has 0 aromatic heterocycles. The lowest BCUT2D eigenvalue weighted by Crippen LogP contribution is -2.16. The molecule has 3 rings (SSSR count). The van der Waals surface area contributed by atoms with Gasteiger partial charge in [0.15, 0.2) is 11.5 Å². The van der Waals surface area contributed by atoms with Crippen molar-refractivity contribution in [2.75, 3.05) is 19.8 Å². The van der Waals surface area contributed by atoms with Gasteiger partial charge in [0.1, 0.15) is 13.2 Å². The fourth-order valence-corrected chi connectivity index (χ4v) is 2.04. The van der Waals surface area contributed by atoms with Crippen molar-refractivity contribution >= 4 is 6.08 Å². The normalized spacial score (nSPS) is 18.2. The zero-order valence-electron chi connectivity index (χ0n) is 10.5. The highest BCUT2D eigenvalue weighted by Crippen LogP contribution is 2.31. The van der Waals surface area contributed by atoms with Crippen LogP contribution < -0.4 is 14.8 Å². The Balaban J connectivity index is 1.53. The van der Waals surface area contributed by atoms with E-state index in [1.54, 1.807) is 0 Å². The number of hydrogen-bond donors (Lipinski definition) is 1. The molecule has 1 aliphatic carbocycles. The number of rotatable bonds is 5. The molecule has 1 saturated carbocycles. The average Bonchev–Trinajstić information content (AvgIpc) is 3.22. The predicted octanol–water partition coefficient (Wildman–Crippen LogP) is 2.61. The van der Waals surface area contributed by atoms with E-state index in [9.17, 15) is 0 Å². The number of benzene rings is 1. The quantitative estimate of drug-likeness (QED) is 0.809. The third kappa shape index (κ3) is 3.05. The lowest BCUT2D eigenvalue weighted by molar-refractivity contribution is 0.171. The minimum Gasteiger partial charge on any atom is -0.486 e. The molecule has 96 valence electrons. The Morgan fingerprint density at radius 1 is 1.17 bits per heavy atom. The average molecular weight is 245 g/mol. The summed E-state index contributed by atoms with van der Waals surface area (Å²) in [5.41, 5.74) is 1.17. The SMILES string of the molecule is C(=Cc1ccc2c(c1)OCCO2)CCNC1CC1. The third-order valence-electron chi connectivity index (χ3n) is 3.20. The first-order valence-corrected chi connectivity index (χ1v) is 6.71. The van der Waals surface area contributed by atoms with Gasteiger partial charge in [0, 0.05) is 6.04 Å². The molecule has 1 heterocycles. The number of fused-ring (bicyclic) bond motifs is 1. The monoisotopic (exact) mass is 245 g/mol. The van der Waals surface area contributed by atoms with Crippen LogP contribution in [0.1, 0.15) is 24.8 Å². The molecule has 1 aromatic rings. The van der Waals surface area contributed by atoms with Crippen LogP contribution in [0.5, 0.6) is 11.5 Å². The molecule has 18 heavy (non-hydrogen) atoms. The molecule has 1 aromatic carbocycles. The van der Waals surface area contributed by atoms with Crippen molar-refractivity contribution in [3.8, 4) is 11.5 Å². The molecule has 0 bridgehead atoms. The van der Waals surface area contributed by atoms with E-state index in [1.807, 2.05) is 12.1 Å². The molecule has 0 amide bonds. The van der Waals surface area contributed by atoms with E-state index in [0.717, 1.165) is 30.5 Å². The Morgan fingerprint density at radius 3 is 2.83 bits per heavy atom. The summed E-state index contributed by atoms with van der Waals surface area (Å²) in [4.78, 5) is 0. The minimum absolute atomic E-state index is 0.644. The van der Waals surface area contributed by atoms with Gasteiger partial charge < -0.3 is 14.8 Å². The van der Waals surface area contributed by atoms with Crippen LogP contribution in [0.25, 0.3) is 6.08 Å². The van der Waals surface area contributed by atoms with Crippen molar-refractivity contribution in [2.45, 2.75) is 25.3 Å². The van der Waals surface area contributed by atoms with Gasteiger partial charge in [-0.05, 0) is 43.5 Å². The molecule has 0 radical (unpaired) electrons. The Labute approximate surface area is 108 Å². The maximum atomic E-state index is 5.56. The second-order valence-electron chi connectivity index (χ2n) is 4.82. The molecular formula is C15H19NO2. The molecule has 0 saturated heterocycles. The maximum Gasteiger partial charge on any atom is 0.161 e. The van der Waals surface area contributed by atoms with Gasteiger partial charge in [-0.3, -0.25) is 0 Å². The van der Waals surface area contributed by atoms with Gasteiger partial charge in [-0.25, -0.2) is 0 Å². The zero-order valence-corrected chi connectivity index (χ0v) is 10.5. The molecule has 0 spiro atoms. The zero-order chi connectivity index (χ0) is 12.2. The lowest BCUT2D eigenvalue weighted by Gasteiger charge is -2.18. The van der Waals surface area contributed by atoms with Crippen LogP contribution >= 0.6 is 0 Å². The van der Waals surface area contributed by atoms with Gasteiger partial charge >= 0.3 is 0 Å². The van der Waals surface area contributed by atoms with E-state index in [0.29, 0.717) is 13.2 Å². The lowest BCUT2D eigenvalue weighted by atomic mass is 10.1. The molecule has 0 unspecified atom stereocenters. The van der Waals surface area contributed by atoms with E-state index >= 15 is 0 Å². The van der Waals surface area contributed by atoms with E-state index in [1.165, 1.54) is 18.4 Å². The van der Waals surface area contributed by atoms with Crippen LogP contribution in [-0.4, -0.2) is 25.8 Å². The number of ether oxygens (including phenoxy) is 2. The van der Waals surface area contributed by atoms with Gasteiger partial charge in [-0.15, -0.1) is 0 Å². The van der Waals surface area contributed by atoms with Gasteiger partial charge in [0.05, 0.1) is 0 Å². The van der Waals surface area contributed by atoms with E-state index < -0.39 is 0 Å². The van der Waals surface area contributed by atoms with Gasteiger partial charge in [-0.1, -0.05) is 18.2 Å². The summed E-state index contributed by atoms with van der Waals surface area (Å²) in [6, 6.07) is 6.89. The fourth-order valence-electron chi connectivity index (χ4n) is 2.04. The van der Waals surface area contributed by atoms with Crippen molar-refractivity contribution in [2.24, 2.45) is 0 Å². The molecule has 2 aliphatic rings. The van der Waals surface area contributed by atoms with Crippen molar-refractivity contribution in [1.29, 1.82) is 0 Å².